The first-order chi connectivity index (χ1) is 7.92. The van der Waals surface area contributed by atoms with E-state index in [1.807, 2.05) is 48.5 Å². The van der Waals surface area contributed by atoms with Crippen LogP contribution in [0.25, 0.3) is 11.0 Å². The average molecular weight is 225 g/mol. The van der Waals surface area contributed by atoms with Gasteiger partial charge in [0.15, 0.2) is 5.16 Å². The van der Waals surface area contributed by atoms with Crippen LogP contribution < -0.4 is 0 Å². The molecule has 3 aromatic rings. The minimum absolute atomic E-state index is 0.924. The Labute approximate surface area is 97.7 Å². The molecule has 1 aromatic heterocycles. The molecule has 3 heteroatoms. The second-order valence-corrected chi connectivity index (χ2v) is 4.46. The Balaban J connectivity index is 1.95. The van der Waals surface area contributed by atoms with Crippen molar-refractivity contribution in [3.63, 3.8) is 0 Å². The standard InChI is InChI=1S/C13H9N2S/c1-2-6-10(7-3-1)16-13-14-11-8-4-5-9-12(11)15-13/h2-9H,(H,14,15). The molecule has 3 rings (SSSR count). The molecule has 0 amide bonds. The third kappa shape index (κ3) is 1.82. The van der Waals surface area contributed by atoms with E-state index < -0.39 is 0 Å². The number of para-hydroxylation sites is 2. The minimum atomic E-state index is 0.924. The smallest absolute Gasteiger partial charge is 0.171 e. The average Bonchev–Trinajstić information content (AvgIpc) is 2.72. The fraction of sp³-hybridized carbons (Fsp3) is 0. The fourth-order valence-corrected chi connectivity index (χ4v) is 2.33. The first-order valence-corrected chi connectivity index (χ1v) is 5.82. The van der Waals surface area contributed by atoms with Crippen LogP contribution >= 0.6 is 11.8 Å². The predicted octanol–water partition coefficient (Wildman–Crippen LogP) is 3.51. The molecule has 0 bridgehead atoms. The molecule has 16 heavy (non-hydrogen) atoms. The third-order valence-corrected chi connectivity index (χ3v) is 3.16. The van der Waals surface area contributed by atoms with Gasteiger partial charge in [0.2, 0.25) is 0 Å². The molecule has 77 valence electrons. The largest absolute Gasteiger partial charge is 0.333 e. The van der Waals surface area contributed by atoms with Crippen molar-refractivity contribution in [3.8, 4) is 0 Å². The van der Waals surface area contributed by atoms with Crippen LogP contribution in [-0.4, -0.2) is 9.97 Å². The van der Waals surface area contributed by atoms with E-state index in [1.165, 1.54) is 0 Å². The molecule has 0 spiro atoms. The maximum Gasteiger partial charge on any atom is 0.171 e. The highest BCUT2D eigenvalue weighted by atomic mass is 32.2. The molecule has 1 heterocycles. The molecular formula is C13H9N2S. The number of hydrogen-bond donors (Lipinski definition) is 1. The number of imidazole rings is 1. The number of nitrogens with zero attached hydrogens (tertiary/aromatic N) is 1. The highest BCUT2D eigenvalue weighted by molar-refractivity contribution is 7.99. The minimum Gasteiger partial charge on any atom is -0.333 e. The van der Waals surface area contributed by atoms with Crippen LogP contribution in [0.5, 0.6) is 0 Å². The van der Waals surface area contributed by atoms with Gasteiger partial charge in [-0.15, -0.1) is 0 Å². The highest BCUT2D eigenvalue weighted by Gasteiger charge is 2.02. The number of H-pyrrole nitrogens is 1. The van der Waals surface area contributed by atoms with Crippen LogP contribution in [0.4, 0.5) is 0 Å². The lowest BCUT2D eigenvalue weighted by molar-refractivity contribution is 1.08. The first kappa shape index (κ1) is 9.48. The first-order valence-electron chi connectivity index (χ1n) is 5.00. The Morgan fingerprint density at radius 3 is 2.69 bits per heavy atom. The summed E-state index contributed by atoms with van der Waals surface area (Å²) in [5.41, 5.74) is 2.08. The molecule has 0 aliphatic carbocycles. The summed E-state index contributed by atoms with van der Waals surface area (Å²) in [6.07, 6.45) is 0. The van der Waals surface area contributed by atoms with Crippen molar-refractivity contribution in [1.29, 1.82) is 0 Å². The quantitative estimate of drug-likeness (QED) is 0.723. The molecular weight excluding hydrogens is 216 g/mol. The van der Waals surface area contributed by atoms with Gasteiger partial charge in [-0.3, -0.25) is 0 Å². The van der Waals surface area contributed by atoms with E-state index in [9.17, 15) is 0 Å². The van der Waals surface area contributed by atoms with Crippen molar-refractivity contribution in [1.82, 2.24) is 9.97 Å². The van der Waals surface area contributed by atoms with Gasteiger partial charge in [0.25, 0.3) is 0 Å². The zero-order valence-corrected chi connectivity index (χ0v) is 9.29. The highest BCUT2D eigenvalue weighted by Crippen LogP contribution is 2.26. The molecule has 0 saturated carbocycles. The lowest BCUT2D eigenvalue weighted by Crippen LogP contribution is -1.74. The maximum absolute atomic E-state index is 4.51. The van der Waals surface area contributed by atoms with Gasteiger partial charge in [0.1, 0.15) is 0 Å². The van der Waals surface area contributed by atoms with E-state index in [1.54, 1.807) is 11.8 Å². The summed E-state index contributed by atoms with van der Waals surface area (Å²) in [7, 11) is 0. The van der Waals surface area contributed by atoms with Crippen molar-refractivity contribution in [2.24, 2.45) is 0 Å². The molecule has 0 unspecified atom stereocenters. The topological polar surface area (TPSA) is 28.7 Å². The maximum atomic E-state index is 4.51. The monoisotopic (exact) mass is 225 g/mol. The van der Waals surface area contributed by atoms with Crippen molar-refractivity contribution in [3.05, 3.63) is 54.6 Å². The zero-order chi connectivity index (χ0) is 10.8. The van der Waals surface area contributed by atoms with Crippen LogP contribution in [0.2, 0.25) is 0 Å². The molecule has 2 aromatic carbocycles. The van der Waals surface area contributed by atoms with Crippen LogP contribution in [0, 0.1) is 6.07 Å². The number of fused-ring (bicyclic) bond motifs is 1. The van der Waals surface area contributed by atoms with Gasteiger partial charge in [-0.05, 0) is 30.3 Å². The van der Waals surface area contributed by atoms with E-state index >= 15 is 0 Å². The van der Waals surface area contributed by atoms with Crippen molar-refractivity contribution in [2.45, 2.75) is 10.1 Å². The summed E-state index contributed by atoms with van der Waals surface area (Å²) in [6.45, 7) is 0. The Morgan fingerprint density at radius 2 is 1.88 bits per heavy atom. The van der Waals surface area contributed by atoms with E-state index in [-0.39, 0.29) is 0 Å². The number of aromatic amines is 1. The van der Waals surface area contributed by atoms with Crippen molar-refractivity contribution in [2.75, 3.05) is 0 Å². The number of nitrogens with one attached hydrogen (secondary N) is 1. The van der Waals surface area contributed by atoms with Gasteiger partial charge in [-0.25, -0.2) is 4.98 Å². The normalized spacial score (nSPS) is 10.8. The number of rotatable bonds is 2. The predicted molar refractivity (Wildman–Crippen MR) is 65.5 cm³/mol. The summed E-state index contributed by atoms with van der Waals surface area (Å²) in [4.78, 5) is 8.96. The molecule has 2 nitrogen and oxygen atoms in total. The van der Waals surface area contributed by atoms with E-state index in [2.05, 4.69) is 16.0 Å². The van der Waals surface area contributed by atoms with E-state index in [4.69, 9.17) is 0 Å². The Bertz CT molecular complexity index is 568. The summed E-state index contributed by atoms with van der Waals surface area (Å²) in [5, 5.41) is 0.924. The molecule has 0 atom stereocenters. The molecule has 0 aliphatic rings. The molecule has 0 saturated heterocycles. The number of benzene rings is 2. The SMILES string of the molecule is [c]1ccc(Sc2nc3ccccc3[nH]2)cc1. The van der Waals surface area contributed by atoms with Gasteiger partial charge in [-0.2, -0.15) is 0 Å². The van der Waals surface area contributed by atoms with Gasteiger partial charge >= 0.3 is 0 Å². The Morgan fingerprint density at radius 1 is 1.06 bits per heavy atom. The lowest BCUT2D eigenvalue weighted by atomic mass is 10.3. The molecule has 1 radical (unpaired) electrons. The Kier molecular flexibility index (Phi) is 2.38. The van der Waals surface area contributed by atoms with Gasteiger partial charge in [-0.1, -0.05) is 36.0 Å². The zero-order valence-electron chi connectivity index (χ0n) is 8.47. The van der Waals surface area contributed by atoms with Gasteiger partial charge in [0.05, 0.1) is 11.0 Å². The molecule has 0 aliphatic heterocycles. The van der Waals surface area contributed by atoms with Crippen LogP contribution in [0.1, 0.15) is 0 Å². The summed E-state index contributed by atoms with van der Waals surface area (Å²) in [5.74, 6) is 0. The second kappa shape index (κ2) is 4.02. The van der Waals surface area contributed by atoms with Crippen molar-refractivity contribution < 1.29 is 0 Å². The summed E-state index contributed by atoms with van der Waals surface area (Å²) >= 11 is 1.63. The fourth-order valence-electron chi connectivity index (χ4n) is 1.53. The third-order valence-electron chi connectivity index (χ3n) is 2.27. The number of hydrogen-bond acceptors (Lipinski definition) is 2. The van der Waals surface area contributed by atoms with Crippen LogP contribution in [0.3, 0.4) is 0 Å². The lowest BCUT2D eigenvalue weighted by Gasteiger charge is -1.95. The summed E-state index contributed by atoms with van der Waals surface area (Å²) in [6, 6.07) is 18.9. The molecule has 0 fully saturated rings. The van der Waals surface area contributed by atoms with E-state index in [0.717, 1.165) is 21.1 Å². The number of aromatic nitrogens is 2. The Hall–Kier alpha value is -1.74. The van der Waals surface area contributed by atoms with E-state index in [0.29, 0.717) is 0 Å². The van der Waals surface area contributed by atoms with Crippen molar-refractivity contribution >= 4 is 22.8 Å². The van der Waals surface area contributed by atoms with Gasteiger partial charge in [0, 0.05) is 4.90 Å². The summed E-state index contributed by atoms with van der Waals surface area (Å²) < 4.78 is 0. The van der Waals surface area contributed by atoms with Gasteiger partial charge < -0.3 is 4.98 Å². The second-order valence-electron chi connectivity index (χ2n) is 3.40. The van der Waals surface area contributed by atoms with Crippen LogP contribution in [0.15, 0.2) is 58.6 Å². The molecule has 1 N–H and O–H groups in total. The van der Waals surface area contributed by atoms with Crippen LogP contribution in [-0.2, 0) is 0 Å².